The first-order chi connectivity index (χ1) is 15.9. The number of benzene rings is 2. The summed E-state index contributed by atoms with van der Waals surface area (Å²) in [5.41, 5.74) is 0.981. The predicted octanol–water partition coefficient (Wildman–Crippen LogP) is 3.29. The Morgan fingerprint density at radius 1 is 1.33 bits per heavy atom. The lowest BCUT2D eigenvalue weighted by molar-refractivity contribution is -0.188. The minimum atomic E-state index is -0.998. The Morgan fingerprint density at radius 3 is 2.97 bits per heavy atom. The average Bonchev–Trinajstić information content (AvgIpc) is 3.15. The average molecular weight is 511 g/mol. The van der Waals surface area contributed by atoms with Crippen LogP contribution in [0.4, 0.5) is 0 Å². The molecule has 1 amide bonds. The summed E-state index contributed by atoms with van der Waals surface area (Å²) in [6.07, 6.45) is 4.02. The van der Waals surface area contributed by atoms with Gasteiger partial charge in [-0.3, -0.25) is 9.69 Å². The Morgan fingerprint density at radius 2 is 2.18 bits per heavy atom. The van der Waals surface area contributed by atoms with Gasteiger partial charge in [0.15, 0.2) is 11.5 Å². The molecule has 2 aliphatic heterocycles. The van der Waals surface area contributed by atoms with E-state index in [2.05, 4.69) is 32.7 Å². The fourth-order valence-electron chi connectivity index (χ4n) is 7.04. The first kappa shape index (κ1) is 21.2. The number of phenolic OH excluding ortho intramolecular Hbond substituents is 1. The van der Waals surface area contributed by atoms with Crippen molar-refractivity contribution in [2.45, 2.75) is 54.9 Å². The van der Waals surface area contributed by atoms with E-state index in [1.54, 1.807) is 18.2 Å². The maximum atomic E-state index is 13.1. The Kier molecular flexibility index (Phi) is 4.70. The Balaban J connectivity index is 1.43. The van der Waals surface area contributed by atoms with E-state index >= 15 is 0 Å². The van der Waals surface area contributed by atoms with Gasteiger partial charge in [0.2, 0.25) is 0 Å². The van der Waals surface area contributed by atoms with Gasteiger partial charge in [-0.05, 0) is 62.1 Å². The highest BCUT2D eigenvalue weighted by Crippen LogP contribution is 2.65. The molecule has 4 aliphatic rings. The van der Waals surface area contributed by atoms with Gasteiger partial charge in [-0.1, -0.05) is 34.1 Å². The minimum absolute atomic E-state index is 0.0555. The van der Waals surface area contributed by atoms with Crippen LogP contribution in [0.3, 0.4) is 0 Å². The molecule has 2 bridgehead atoms. The summed E-state index contributed by atoms with van der Waals surface area (Å²) in [6.45, 7) is 5.44. The second-order valence-corrected chi connectivity index (χ2v) is 10.7. The number of hydrogen-bond acceptors (Lipinski definition) is 5. The first-order valence-electron chi connectivity index (χ1n) is 11.5. The summed E-state index contributed by atoms with van der Waals surface area (Å²) in [7, 11) is 0. The molecule has 3 N–H and O–H groups in total. The molecule has 1 saturated heterocycles. The van der Waals surface area contributed by atoms with Crippen molar-refractivity contribution >= 4 is 21.8 Å². The number of rotatable bonds is 4. The van der Waals surface area contributed by atoms with Gasteiger partial charge < -0.3 is 20.3 Å². The van der Waals surface area contributed by atoms with Crippen molar-refractivity contribution < 1.29 is 19.7 Å². The van der Waals surface area contributed by atoms with E-state index < -0.39 is 17.1 Å². The lowest BCUT2D eigenvalue weighted by atomic mass is 9.48. The number of aliphatic hydroxyl groups is 1. The van der Waals surface area contributed by atoms with Gasteiger partial charge in [0, 0.05) is 28.2 Å². The fraction of sp³-hybridized carbons (Fsp3) is 0.423. The van der Waals surface area contributed by atoms with Gasteiger partial charge in [-0.15, -0.1) is 6.58 Å². The molecule has 172 valence electrons. The van der Waals surface area contributed by atoms with Crippen molar-refractivity contribution in [1.29, 1.82) is 0 Å². The number of piperidine rings is 1. The number of amides is 1. The maximum absolute atomic E-state index is 13.1. The van der Waals surface area contributed by atoms with Crippen molar-refractivity contribution in [3.8, 4) is 11.5 Å². The summed E-state index contributed by atoms with van der Waals surface area (Å²) in [6, 6.07) is 10.6. The van der Waals surface area contributed by atoms with Gasteiger partial charge in [-0.25, -0.2) is 0 Å². The monoisotopic (exact) mass is 510 g/mol. The summed E-state index contributed by atoms with van der Waals surface area (Å²) in [4.78, 5) is 15.4. The highest BCUT2D eigenvalue weighted by molar-refractivity contribution is 9.10. The molecule has 0 aromatic heterocycles. The maximum Gasteiger partial charge on any atom is 0.251 e. The zero-order valence-electron chi connectivity index (χ0n) is 18.3. The van der Waals surface area contributed by atoms with Gasteiger partial charge in [0.1, 0.15) is 6.10 Å². The van der Waals surface area contributed by atoms with Crippen LogP contribution in [0.5, 0.6) is 11.5 Å². The summed E-state index contributed by atoms with van der Waals surface area (Å²) in [5.74, 6) is 0.419. The van der Waals surface area contributed by atoms with Crippen molar-refractivity contribution in [2.75, 3.05) is 13.1 Å². The van der Waals surface area contributed by atoms with E-state index in [0.717, 1.165) is 28.7 Å². The van der Waals surface area contributed by atoms with Crippen LogP contribution in [-0.4, -0.2) is 57.9 Å². The largest absolute Gasteiger partial charge is 0.504 e. The second-order valence-electron chi connectivity index (χ2n) is 9.76. The number of nitrogens with zero attached hydrogens (tertiary/aromatic N) is 1. The molecule has 0 unspecified atom stereocenters. The summed E-state index contributed by atoms with van der Waals surface area (Å²) in [5, 5.41) is 26.2. The number of halogens is 1. The van der Waals surface area contributed by atoms with Crippen LogP contribution in [0.15, 0.2) is 53.5 Å². The quantitative estimate of drug-likeness (QED) is 0.549. The SMILES string of the molecule is C=CCN1CC[C@]23c4c5ccc(O)c4O[C@H]2[C@H](NC(=O)c2cccc(Br)c2)CC[C@@]3(O)[C@H]1C5. The lowest BCUT2D eigenvalue weighted by Gasteiger charge is -2.64. The van der Waals surface area contributed by atoms with E-state index in [1.165, 1.54) is 0 Å². The number of nitrogens with one attached hydrogen (secondary N) is 1. The highest BCUT2D eigenvalue weighted by atomic mass is 79.9. The molecule has 7 heteroatoms. The highest BCUT2D eigenvalue weighted by Gasteiger charge is 2.72. The van der Waals surface area contributed by atoms with Gasteiger partial charge in [-0.2, -0.15) is 0 Å². The molecule has 1 spiro atoms. The molecule has 6 nitrogen and oxygen atoms in total. The van der Waals surface area contributed by atoms with Gasteiger partial charge in [0.25, 0.3) is 5.91 Å². The van der Waals surface area contributed by atoms with Crippen molar-refractivity contribution in [3.05, 3.63) is 70.2 Å². The first-order valence-corrected chi connectivity index (χ1v) is 12.3. The number of aromatic hydroxyl groups is 1. The second kappa shape index (κ2) is 7.32. The summed E-state index contributed by atoms with van der Waals surface area (Å²) >= 11 is 3.43. The number of carbonyl (C=O) groups is 1. The third-order valence-corrected chi connectivity index (χ3v) is 8.83. The van der Waals surface area contributed by atoms with E-state index in [1.807, 2.05) is 24.3 Å². The van der Waals surface area contributed by atoms with Crippen molar-refractivity contribution in [1.82, 2.24) is 10.2 Å². The predicted molar refractivity (Wildman–Crippen MR) is 128 cm³/mol. The molecular weight excluding hydrogens is 484 g/mol. The topological polar surface area (TPSA) is 82.0 Å². The Bertz CT molecular complexity index is 1170. The zero-order valence-corrected chi connectivity index (χ0v) is 19.8. The number of ether oxygens (including phenoxy) is 1. The van der Waals surface area contributed by atoms with Crippen LogP contribution in [-0.2, 0) is 11.8 Å². The molecule has 0 radical (unpaired) electrons. The van der Waals surface area contributed by atoms with Crippen LogP contribution in [0.2, 0.25) is 0 Å². The molecule has 2 aromatic carbocycles. The minimum Gasteiger partial charge on any atom is -0.504 e. The summed E-state index contributed by atoms with van der Waals surface area (Å²) < 4.78 is 7.31. The standard InChI is InChI=1S/C26H27BrN2O4/c1-2-11-29-12-10-25-21-15-6-7-19(30)22(21)33-23(25)18(8-9-26(25,32)20(29)14-15)28-24(31)16-4-3-5-17(27)13-16/h2-7,13,18,20,23,30,32H,1,8-12,14H2,(H,28,31)/t18-,20-,23+,25+,26-/m1/s1. The molecular formula is C26H27BrN2O4. The number of hydrogen-bond donors (Lipinski definition) is 3. The third kappa shape index (κ3) is 2.76. The lowest BCUT2D eigenvalue weighted by Crippen LogP contribution is -2.78. The molecule has 5 atom stereocenters. The fourth-order valence-corrected chi connectivity index (χ4v) is 7.44. The molecule has 2 aliphatic carbocycles. The Hall–Kier alpha value is -2.35. The third-order valence-electron chi connectivity index (χ3n) is 8.34. The van der Waals surface area contributed by atoms with Crippen LogP contribution >= 0.6 is 15.9 Å². The van der Waals surface area contributed by atoms with Crippen molar-refractivity contribution in [2.24, 2.45) is 0 Å². The molecule has 2 aromatic rings. The van der Waals surface area contributed by atoms with E-state index in [-0.39, 0.29) is 23.7 Å². The zero-order chi connectivity index (χ0) is 23.0. The van der Waals surface area contributed by atoms with E-state index in [0.29, 0.717) is 37.0 Å². The number of carbonyl (C=O) groups excluding carboxylic acids is 1. The normalized spacial score (nSPS) is 33.7. The number of phenols is 1. The van der Waals surface area contributed by atoms with Crippen molar-refractivity contribution in [3.63, 3.8) is 0 Å². The molecule has 2 fully saturated rings. The number of likely N-dealkylation sites (tertiary alicyclic amines) is 1. The van der Waals surface area contributed by atoms with E-state index in [4.69, 9.17) is 4.74 Å². The molecule has 2 heterocycles. The van der Waals surface area contributed by atoms with Crippen LogP contribution in [0, 0.1) is 0 Å². The van der Waals surface area contributed by atoms with Crippen LogP contribution in [0.25, 0.3) is 0 Å². The smallest absolute Gasteiger partial charge is 0.251 e. The van der Waals surface area contributed by atoms with Crippen LogP contribution < -0.4 is 10.1 Å². The van der Waals surface area contributed by atoms with Crippen LogP contribution in [0.1, 0.15) is 40.7 Å². The molecule has 1 saturated carbocycles. The molecule has 33 heavy (non-hydrogen) atoms. The Labute approximate surface area is 201 Å². The van der Waals surface area contributed by atoms with Gasteiger partial charge >= 0.3 is 0 Å². The molecule has 6 rings (SSSR count). The van der Waals surface area contributed by atoms with E-state index in [9.17, 15) is 15.0 Å². The van der Waals surface area contributed by atoms with Gasteiger partial charge in [0.05, 0.1) is 17.1 Å².